The predicted molar refractivity (Wildman–Crippen MR) is 110 cm³/mol. The summed E-state index contributed by atoms with van der Waals surface area (Å²) in [5, 5.41) is 9.97. The maximum Gasteiger partial charge on any atom is 0.276 e. The van der Waals surface area contributed by atoms with Gasteiger partial charge >= 0.3 is 0 Å². The fourth-order valence-corrected chi connectivity index (χ4v) is 4.63. The summed E-state index contributed by atoms with van der Waals surface area (Å²) in [5.74, 6) is -0.155. The second-order valence-corrected chi connectivity index (χ2v) is 8.03. The summed E-state index contributed by atoms with van der Waals surface area (Å²) in [4.78, 5) is 15.4. The van der Waals surface area contributed by atoms with E-state index < -0.39 is 0 Å². The van der Waals surface area contributed by atoms with E-state index in [2.05, 4.69) is 39.6 Å². The molecule has 0 saturated carbocycles. The number of benzene rings is 2. The Hall–Kier alpha value is -2.70. The van der Waals surface area contributed by atoms with Crippen molar-refractivity contribution >= 4 is 22.4 Å². The van der Waals surface area contributed by atoms with Crippen LogP contribution in [-0.2, 0) is 26.4 Å². The van der Waals surface area contributed by atoms with Crippen LogP contribution in [0.5, 0.6) is 0 Å². The van der Waals surface area contributed by atoms with Crippen molar-refractivity contribution in [2.45, 2.75) is 31.8 Å². The highest BCUT2D eigenvalue weighted by Gasteiger charge is 2.24. The number of nitrogens with zero attached hydrogens (tertiary/aromatic N) is 3. The second-order valence-electron chi connectivity index (χ2n) is 8.03. The number of amides is 1. The molecule has 1 unspecified atom stereocenters. The van der Waals surface area contributed by atoms with Crippen LogP contribution in [0.15, 0.2) is 36.5 Å². The standard InChI is InChI=1S/C22H25N5O/c1-26-11-16(12-27-10-9-17(23)13-27)21(25-26)22(28)24-19-8-7-15-6-5-14-3-2-4-18(19)20(14)15/h2-4,7-8,11,17H,5-6,9-10,12-13,23H2,1H3,(H,24,28). The van der Waals surface area contributed by atoms with E-state index in [9.17, 15) is 4.79 Å². The summed E-state index contributed by atoms with van der Waals surface area (Å²) in [6, 6.07) is 10.7. The summed E-state index contributed by atoms with van der Waals surface area (Å²) in [6.45, 7) is 2.53. The number of rotatable bonds is 4. The largest absolute Gasteiger partial charge is 0.326 e. The summed E-state index contributed by atoms with van der Waals surface area (Å²) in [5.41, 5.74) is 11.1. The molecule has 1 fully saturated rings. The van der Waals surface area contributed by atoms with Gasteiger partial charge in [0, 0.05) is 55.6 Å². The molecule has 6 nitrogen and oxygen atoms in total. The van der Waals surface area contributed by atoms with E-state index in [-0.39, 0.29) is 11.9 Å². The molecule has 0 radical (unpaired) electrons. The molecular formula is C22H25N5O. The van der Waals surface area contributed by atoms with E-state index in [4.69, 9.17) is 5.73 Å². The smallest absolute Gasteiger partial charge is 0.276 e. The fraction of sp³-hybridized carbons (Fsp3) is 0.364. The van der Waals surface area contributed by atoms with Gasteiger partial charge in [0.1, 0.15) is 0 Å². The lowest BCUT2D eigenvalue weighted by atomic mass is 10.0. The van der Waals surface area contributed by atoms with Gasteiger partial charge in [-0.25, -0.2) is 0 Å². The van der Waals surface area contributed by atoms with Gasteiger partial charge in [0.25, 0.3) is 5.91 Å². The van der Waals surface area contributed by atoms with E-state index in [1.165, 1.54) is 16.5 Å². The van der Waals surface area contributed by atoms with Crippen molar-refractivity contribution in [2.75, 3.05) is 18.4 Å². The average Bonchev–Trinajstić information content (AvgIpc) is 3.38. The number of aryl methyl sites for hydroxylation is 3. The summed E-state index contributed by atoms with van der Waals surface area (Å²) in [6.07, 6.45) is 5.09. The van der Waals surface area contributed by atoms with E-state index in [1.54, 1.807) is 4.68 Å². The molecule has 3 aromatic rings. The van der Waals surface area contributed by atoms with Crippen LogP contribution >= 0.6 is 0 Å². The van der Waals surface area contributed by atoms with Crippen LogP contribution in [0, 0.1) is 0 Å². The molecule has 1 amide bonds. The Kier molecular flexibility index (Phi) is 4.18. The van der Waals surface area contributed by atoms with Crippen molar-refractivity contribution in [2.24, 2.45) is 12.8 Å². The zero-order valence-corrected chi connectivity index (χ0v) is 16.1. The predicted octanol–water partition coefficient (Wildman–Crippen LogP) is 2.46. The van der Waals surface area contributed by atoms with Gasteiger partial charge in [-0.15, -0.1) is 0 Å². The molecule has 28 heavy (non-hydrogen) atoms. The van der Waals surface area contributed by atoms with Crippen LogP contribution in [0.2, 0.25) is 0 Å². The van der Waals surface area contributed by atoms with Gasteiger partial charge in [-0.05, 0) is 41.8 Å². The van der Waals surface area contributed by atoms with Crippen LogP contribution in [0.3, 0.4) is 0 Å². The maximum absolute atomic E-state index is 13.1. The highest BCUT2D eigenvalue weighted by Crippen LogP contribution is 2.35. The monoisotopic (exact) mass is 375 g/mol. The molecule has 6 heteroatoms. The molecule has 2 heterocycles. The van der Waals surface area contributed by atoms with Gasteiger partial charge in [0.15, 0.2) is 5.69 Å². The first kappa shape index (κ1) is 17.4. The van der Waals surface area contributed by atoms with Crippen LogP contribution in [0.25, 0.3) is 10.8 Å². The molecular weight excluding hydrogens is 350 g/mol. The molecule has 1 saturated heterocycles. The van der Waals surface area contributed by atoms with Crippen molar-refractivity contribution in [3.63, 3.8) is 0 Å². The molecule has 0 bridgehead atoms. The van der Waals surface area contributed by atoms with Crippen molar-refractivity contribution in [3.05, 3.63) is 58.9 Å². The van der Waals surface area contributed by atoms with Crippen molar-refractivity contribution in [3.8, 4) is 0 Å². The van der Waals surface area contributed by atoms with Gasteiger partial charge < -0.3 is 11.1 Å². The normalized spacial score (nSPS) is 18.9. The molecule has 2 aromatic carbocycles. The minimum Gasteiger partial charge on any atom is -0.326 e. The number of nitrogens with two attached hydrogens (primary N) is 1. The Morgan fingerprint density at radius 1 is 1.25 bits per heavy atom. The highest BCUT2D eigenvalue weighted by atomic mass is 16.2. The molecule has 1 aromatic heterocycles. The lowest BCUT2D eigenvalue weighted by Gasteiger charge is -2.15. The summed E-state index contributed by atoms with van der Waals surface area (Å²) >= 11 is 0. The lowest BCUT2D eigenvalue weighted by Crippen LogP contribution is -2.27. The van der Waals surface area contributed by atoms with Crippen LogP contribution in [0.4, 0.5) is 5.69 Å². The quantitative estimate of drug-likeness (QED) is 0.734. The van der Waals surface area contributed by atoms with Gasteiger partial charge in [0.05, 0.1) is 0 Å². The number of hydrogen-bond acceptors (Lipinski definition) is 4. The van der Waals surface area contributed by atoms with Crippen LogP contribution < -0.4 is 11.1 Å². The molecule has 1 aliphatic heterocycles. The van der Waals surface area contributed by atoms with E-state index in [0.29, 0.717) is 12.2 Å². The van der Waals surface area contributed by atoms with Crippen molar-refractivity contribution < 1.29 is 4.79 Å². The number of carbonyl (C=O) groups excluding carboxylic acids is 1. The molecule has 1 atom stereocenters. The van der Waals surface area contributed by atoms with E-state index >= 15 is 0 Å². The Morgan fingerprint density at radius 3 is 2.86 bits per heavy atom. The SMILES string of the molecule is Cn1cc(CN2CCC(N)C2)c(C(=O)Nc2ccc3c4c(cccc24)CC3)n1. The van der Waals surface area contributed by atoms with Crippen LogP contribution in [-0.4, -0.2) is 39.7 Å². The summed E-state index contributed by atoms with van der Waals surface area (Å²) < 4.78 is 1.72. The Morgan fingerprint density at radius 2 is 2.07 bits per heavy atom. The fourth-order valence-electron chi connectivity index (χ4n) is 4.63. The number of anilines is 1. The second kappa shape index (κ2) is 6.72. The first-order valence-electron chi connectivity index (χ1n) is 9.94. The topological polar surface area (TPSA) is 76.2 Å². The Bertz CT molecular complexity index is 1060. The third-order valence-electron chi connectivity index (χ3n) is 5.95. The first-order valence-corrected chi connectivity index (χ1v) is 9.94. The Balaban J connectivity index is 1.43. The number of likely N-dealkylation sites (tertiary alicyclic amines) is 1. The lowest BCUT2D eigenvalue weighted by molar-refractivity contribution is 0.102. The number of nitrogens with one attached hydrogen (secondary N) is 1. The van der Waals surface area contributed by atoms with Gasteiger partial charge in [0.2, 0.25) is 0 Å². The Labute approximate surface area is 164 Å². The van der Waals surface area contributed by atoms with Gasteiger partial charge in [-0.2, -0.15) is 5.10 Å². The maximum atomic E-state index is 13.1. The minimum atomic E-state index is -0.155. The third kappa shape index (κ3) is 2.99. The molecule has 2 aliphatic rings. The van der Waals surface area contributed by atoms with Crippen molar-refractivity contribution in [1.29, 1.82) is 0 Å². The summed E-state index contributed by atoms with van der Waals surface area (Å²) in [7, 11) is 1.86. The van der Waals surface area contributed by atoms with E-state index in [1.807, 2.05) is 19.3 Å². The molecule has 0 spiro atoms. The highest BCUT2D eigenvalue weighted by molar-refractivity contribution is 6.10. The molecule has 5 rings (SSSR count). The molecule has 3 N–H and O–H groups in total. The average molecular weight is 375 g/mol. The minimum absolute atomic E-state index is 0.155. The number of aromatic nitrogens is 2. The molecule has 1 aliphatic carbocycles. The van der Waals surface area contributed by atoms with Gasteiger partial charge in [-0.3, -0.25) is 14.4 Å². The zero-order valence-electron chi connectivity index (χ0n) is 16.1. The number of hydrogen-bond donors (Lipinski definition) is 2. The first-order chi connectivity index (χ1) is 13.6. The zero-order chi connectivity index (χ0) is 19.3. The van der Waals surface area contributed by atoms with Crippen molar-refractivity contribution in [1.82, 2.24) is 14.7 Å². The molecule has 144 valence electrons. The van der Waals surface area contributed by atoms with E-state index in [0.717, 1.165) is 49.0 Å². The van der Waals surface area contributed by atoms with Crippen LogP contribution in [0.1, 0.15) is 33.6 Å². The number of carbonyl (C=O) groups is 1. The third-order valence-corrected chi connectivity index (χ3v) is 5.95. The van der Waals surface area contributed by atoms with Gasteiger partial charge in [-0.1, -0.05) is 24.3 Å².